The summed E-state index contributed by atoms with van der Waals surface area (Å²) in [4.78, 5) is 11.1. The summed E-state index contributed by atoms with van der Waals surface area (Å²) in [5.74, 6) is 0.373. The molecule has 0 aliphatic rings. The van der Waals surface area contributed by atoms with Gasteiger partial charge in [0.2, 0.25) is 0 Å². The predicted molar refractivity (Wildman–Crippen MR) is 120 cm³/mol. The molecule has 3 rings (SSSR count). The molecule has 0 amide bonds. The fraction of sp³-hybridized carbons (Fsp3) is 0.360. The Labute approximate surface area is 178 Å². The van der Waals surface area contributed by atoms with Crippen molar-refractivity contribution in [3.8, 4) is 5.75 Å². The zero-order valence-corrected chi connectivity index (χ0v) is 18.1. The Morgan fingerprint density at radius 1 is 1.23 bits per heavy atom. The molecule has 1 N–H and O–H groups in total. The standard InChI is InChI=1S/C25H30N2O3/c1-5-6-21(13-24(28)29)20-7-9-23(10-8-20)30-16-19-11-18(4)25-22(12-19)14-26-27(25)15-17(2)3/h5-12,14,17,21H,13,15-16H2,1-4H3,(H,28,29)/t21-/m1/s1. The number of nitrogens with zero attached hydrogens (tertiary/aromatic N) is 2. The van der Waals surface area contributed by atoms with Crippen LogP contribution in [0.4, 0.5) is 0 Å². The Bertz CT molecular complexity index is 1030. The van der Waals surface area contributed by atoms with E-state index in [9.17, 15) is 4.79 Å². The lowest BCUT2D eigenvalue weighted by molar-refractivity contribution is -0.137. The summed E-state index contributed by atoms with van der Waals surface area (Å²) < 4.78 is 8.06. The first-order valence-electron chi connectivity index (χ1n) is 10.4. The second-order valence-corrected chi connectivity index (χ2v) is 8.16. The largest absolute Gasteiger partial charge is 0.489 e. The molecule has 30 heavy (non-hydrogen) atoms. The first-order chi connectivity index (χ1) is 14.4. The first kappa shape index (κ1) is 21.6. The Kier molecular flexibility index (Phi) is 6.93. The van der Waals surface area contributed by atoms with Crippen LogP contribution in [0.1, 0.15) is 49.8 Å². The number of ether oxygens (including phenoxy) is 1. The highest BCUT2D eigenvalue weighted by Gasteiger charge is 2.13. The van der Waals surface area contributed by atoms with Crippen molar-refractivity contribution in [1.82, 2.24) is 9.78 Å². The van der Waals surface area contributed by atoms with Gasteiger partial charge in [-0.1, -0.05) is 44.2 Å². The van der Waals surface area contributed by atoms with Gasteiger partial charge in [0.15, 0.2) is 0 Å². The third-order valence-electron chi connectivity index (χ3n) is 5.06. The summed E-state index contributed by atoms with van der Waals surface area (Å²) in [5.41, 5.74) is 4.45. The molecule has 0 saturated carbocycles. The Morgan fingerprint density at radius 3 is 2.60 bits per heavy atom. The SMILES string of the molecule is CC=C[C@H](CC(=O)O)c1ccc(OCc2cc(C)c3c(cnn3CC(C)C)c2)cc1. The molecule has 0 aliphatic carbocycles. The Balaban J connectivity index is 1.71. The number of benzene rings is 2. The van der Waals surface area contributed by atoms with Crippen molar-refractivity contribution in [2.45, 2.75) is 53.2 Å². The molecule has 5 nitrogen and oxygen atoms in total. The van der Waals surface area contributed by atoms with E-state index < -0.39 is 5.97 Å². The van der Waals surface area contributed by atoms with Gasteiger partial charge in [0.1, 0.15) is 12.4 Å². The van der Waals surface area contributed by atoms with E-state index in [-0.39, 0.29) is 12.3 Å². The molecule has 158 valence electrons. The highest BCUT2D eigenvalue weighted by Crippen LogP contribution is 2.26. The average molecular weight is 407 g/mol. The van der Waals surface area contributed by atoms with Crippen LogP contribution in [0.3, 0.4) is 0 Å². The summed E-state index contributed by atoms with van der Waals surface area (Å²) >= 11 is 0. The predicted octanol–water partition coefficient (Wildman–Crippen LogP) is 5.71. The molecule has 0 unspecified atom stereocenters. The molecule has 5 heteroatoms. The molecular weight excluding hydrogens is 376 g/mol. The maximum Gasteiger partial charge on any atom is 0.304 e. The van der Waals surface area contributed by atoms with Gasteiger partial charge in [-0.25, -0.2) is 0 Å². The number of rotatable bonds is 9. The van der Waals surface area contributed by atoms with E-state index in [1.54, 1.807) is 0 Å². The number of allylic oxidation sites excluding steroid dienone is 2. The van der Waals surface area contributed by atoms with E-state index in [1.807, 2.05) is 49.5 Å². The maximum absolute atomic E-state index is 11.1. The van der Waals surface area contributed by atoms with Crippen LogP contribution in [-0.2, 0) is 17.9 Å². The van der Waals surface area contributed by atoms with E-state index in [0.717, 1.165) is 28.8 Å². The van der Waals surface area contributed by atoms with Gasteiger partial charge in [-0.15, -0.1) is 0 Å². The lowest BCUT2D eigenvalue weighted by Crippen LogP contribution is -2.06. The molecule has 0 aliphatic heterocycles. The van der Waals surface area contributed by atoms with Crippen molar-refractivity contribution >= 4 is 16.9 Å². The van der Waals surface area contributed by atoms with E-state index in [1.165, 1.54) is 11.1 Å². The van der Waals surface area contributed by atoms with Gasteiger partial charge >= 0.3 is 5.97 Å². The van der Waals surface area contributed by atoms with Gasteiger partial charge < -0.3 is 9.84 Å². The van der Waals surface area contributed by atoms with Gasteiger partial charge in [0.05, 0.1) is 18.1 Å². The highest BCUT2D eigenvalue weighted by atomic mass is 16.5. The number of carboxylic acids is 1. The lowest BCUT2D eigenvalue weighted by Gasteiger charge is -2.13. The van der Waals surface area contributed by atoms with Crippen LogP contribution >= 0.6 is 0 Å². The van der Waals surface area contributed by atoms with Crippen LogP contribution in [0.2, 0.25) is 0 Å². The smallest absolute Gasteiger partial charge is 0.304 e. The molecule has 0 saturated heterocycles. The van der Waals surface area contributed by atoms with Crippen LogP contribution < -0.4 is 4.74 Å². The van der Waals surface area contributed by atoms with Crippen molar-refractivity contribution in [2.75, 3.05) is 0 Å². The van der Waals surface area contributed by atoms with Crippen molar-refractivity contribution in [1.29, 1.82) is 0 Å². The number of hydrogen-bond donors (Lipinski definition) is 1. The van der Waals surface area contributed by atoms with Gasteiger partial charge in [-0.3, -0.25) is 9.48 Å². The molecule has 1 heterocycles. The number of carboxylic acid groups (broad SMARTS) is 1. The minimum atomic E-state index is -0.805. The number of fused-ring (bicyclic) bond motifs is 1. The molecule has 1 aromatic heterocycles. The number of carbonyl (C=O) groups is 1. The van der Waals surface area contributed by atoms with Crippen LogP contribution in [0, 0.1) is 12.8 Å². The first-order valence-corrected chi connectivity index (χ1v) is 10.4. The number of hydrogen-bond acceptors (Lipinski definition) is 3. The van der Waals surface area contributed by atoms with E-state index in [2.05, 4.69) is 42.7 Å². The van der Waals surface area contributed by atoms with Gasteiger partial charge in [-0.2, -0.15) is 5.10 Å². The average Bonchev–Trinajstić information content (AvgIpc) is 3.08. The summed E-state index contributed by atoms with van der Waals surface area (Å²) in [5, 5.41) is 14.8. The van der Waals surface area contributed by atoms with E-state index >= 15 is 0 Å². The fourth-order valence-electron chi connectivity index (χ4n) is 3.79. The van der Waals surface area contributed by atoms with Crippen LogP contribution in [0.15, 0.2) is 54.7 Å². The number of aliphatic carboxylic acids is 1. The second-order valence-electron chi connectivity index (χ2n) is 8.16. The topological polar surface area (TPSA) is 64.3 Å². The van der Waals surface area contributed by atoms with Crippen molar-refractivity contribution in [3.05, 3.63) is 71.4 Å². The van der Waals surface area contributed by atoms with Crippen LogP contribution in [-0.4, -0.2) is 20.9 Å². The van der Waals surface area contributed by atoms with Crippen molar-refractivity contribution in [3.63, 3.8) is 0 Å². The Hall–Kier alpha value is -3.08. The third-order valence-corrected chi connectivity index (χ3v) is 5.06. The van der Waals surface area contributed by atoms with E-state index in [4.69, 9.17) is 9.84 Å². The maximum atomic E-state index is 11.1. The molecule has 0 radical (unpaired) electrons. The highest BCUT2D eigenvalue weighted by molar-refractivity contribution is 5.82. The van der Waals surface area contributed by atoms with Gasteiger partial charge in [-0.05, 0) is 54.7 Å². The molecule has 2 aromatic carbocycles. The quantitative estimate of drug-likeness (QED) is 0.462. The molecule has 3 aromatic rings. The van der Waals surface area contributed by atoms with Crippen LogP contribution in [0.25, 0.3) is 10.9 Å². The molecule has 0 spiro atoms. The van der Waals surface area contributed by atoms with Gasteiger partial charge in [0, 0.05) is 17.8 Å². The molecule has 0 fully saturated rings. The number of aryl methyl sites for hydroxylation is 1. The van der Waals surface area contributed by atoms with Crippen molar-refractivity contribution in [2.24, 2.45) is 5.92 Å². The van der Waals surface area contributed by atoms with E-state index in [0.29, 0.717) is 12.5 Å². The summed E-state index contributed by atoms with van der Waals surface area (Å²) in [6.07, 6.45) is 5.81. The monoisotopic (exact) mass is 406 g/mol. The number of aromatic nitrogens is 2. The fourth-order valence-corrected chi connectivity index (χ4v) is 3.79. The van der Waals surface area contributed by atoms with Crippen molar-refractivity contribution < 1.29 is 14.6 Å². The van der Waals surface area contributed by atoms with Gasteiger partial charge in [0.25, 0.3) is 0 Å². The summed E-state index contributed by atoms with van der Waals surface area (Å²) in [6.45, 7) is 9.78. The molecular formula is C25H30N2O3. The third kappa shape index (κ3) is 5.29. The molecule has 0 bridgehead atoms. The summed E-state index contributed by atoms with van der Waals surface area (Å²) in [6, 6.07) is 12.0. The van der Waals surface area contributed by atoms with Crippen LogP contribution in [0.5, 0.6) is 5.75 Å². The lowest BCUT2D eigenvalue weighted by atomic mass is 9.95. The zero-order chi connectivity index (χ0) is 21.7. The minimum absolute atomic E-state index is 0.0777. The molecule has 1 atom stereocenters. The second kappa shape index (κ2) is 9.61. The minimum Gasteiger partial charge on any atom is -0.489 e. The summed E-state index contributed by atoms with van der Waals surface area (Å²) in [7, 11) is 0. The zero-order valence-electron chi connectivity index (χ0n) is 18.1. The Morgan fingerprint density at radius 2 is 1.97 bits per heavy atom. The normalized spacial score (nSPS) is 12.7.